The molecule has 1 aromatic heterocycles. The van der Waals surface area contributed by atoms with Crippen molar-refractivity contribution in [2.24, 2.45) is 0 Å². The van der Waals surface area contributed by atoms with Crippen molar-refractivity contribution in [3.05, 3.63) is 75.0 Å². The highest BCUT2D eigenvalue weighted by Gasteiger charge is 2.12. The molecule has 3 aromatic rings. The summed E-state index contributed by atoms with van der Waals surface area (Å²) in [7, 11) is 0. The molecule has 3 N–H and O–H groups in total. The van der Waals surface area contributed by atoms with Crippen molar-refractivity contribution in [1.29, 1.82) is 0 Å². The van der Waals surface area contributed by atoms with Crippen molar-refractivity contribution in [3.8, 4) is 11.3 Å². The molecule has 2 aromatic carbocycles. The van der Waals surface area contributed by atoms with Gasteiger partial charge in [0.1, 0.15) is 5.69 Å². The van der Waals surface area contributed by atoms with Crippen molar-refractivity contribution >= 4 is 21.6 Å². The fourth-order valence-corrected chi connectivity index (χ4v) is 2.47. The first-order valence-corrected chi connectivity index (χ1v) is 7.32. The third-order valence-electron chi connectivity index (χ3n) is 3.31. The van der Waals surface area contributed by atoms with E-state index in [4.69, 9.17) is 5.73 Å². The van der Waals surface area contributed by atoms with Gasteiger partial charge in [-0.05, 0) is 17.7 Å². The fraction of sp³-hybridized carbons (Fsp3) is 0.0625. The Morgan fingerprint density at radius 3 is 2.38 bits per heavy atom. The minimum atomic E-state index is -0.197. The zero-order valence-electron chi connectivity index (χ0n) is 11.2. The summed E-state index contributed by atoms with van der Waals surface area (Å²) in [4.78, 5) is 12.2. The Balaban J connectivity index is 1.98. The number of nitrogens with two attached hydrogens (primary N) is 1. The minimum Gasteiger partial charge on any atom is -0.392 e. The lowest BCUT2D eigenvalue weighted by Gasteiger charge is -2.03. The molecule has 0 aliphatic rings. The summed E-state index contributed by atoms with van der Waals surface area (Å²) >= 11 is 3.40. The molecule has 0 amide bonds. The van der Waals surface area contributed by atoms with Crippen molar-refractivity contribution in [2.45, 2.75) is 6.54 Å². The number of anilines is 1. The van der Waals surface area contributed by atoms with E-state index in [1.165, 1.54) is 4.68 Å². The number of hydrogen-bond acceptors (Lipinski definition) is 2. The van der Waals surface area contributed by atoms with Gasteiger partial charge in [0.25, 0.3) is 5.56 Å². The van der Waals surface area contributed by atoms with Crippen molar-refractivity contribution in [1.82, 2.24) is 9.78 Å². The Kier molecular flexibility index (Phi) is 3.66. The van der Waals surface area contributed by atoms with E-state index in [0.717, 1.165) is 15.6 Å². The van der Waals surface area contributed by atoms with Crippen LogP contribution >= 0.6 is 15.9 Å². The molecule has 0 fully saturated rings. The Morgan fingerprint density at radius 2 is 1.71 bits per heavy atom. The zero-order chi connectivity index (χ0) is 14.8. The van der Waals surface area contributed by atoms with E-state index < -0.39 is 0 Å². The molecule has 21 heavy (non-hydrogen) atoms. The average molecular weight is 344 g/mol. The van der Waals surface area contributed by atoms with Crippen LogP contribution in [0.4, 0.5) is 5.69 Å². The summed E-state index contributed by atoms with van der Waals surface area (Å²) in [6.07, 6.45) is 0. The summed E-state index contributed by atoms with van der Waals surface area (Å²) in [5.41, 5.74) is 8.59. The van der Waals surface area contributed by atoms with Gasteiger partial charge in [-0.3, -0.25) is 9.89 Å². The lowest BCUT2D eigenvalue weighted by Crippen LogP contribution is -2.19. The SMILES string of the molecule is Nc1c(-c2ccccc2)[nH]n(Cc2ccc(Br)cc2)c1=O. The largest absolute Gasteiger partial charge is 0.392 e. The van der Waals surface area contributed by atoms with Gasteiger partial charge in [-0.2, -0.15) is 0 Å². The third kappa shape index (κ3) is 2.78. The molecule has 0 atom stereocenters. The normalized spacial score (nSPS) is 10.7. The number of halogens is 1. The number of rotatable bonds is 3. The maximum Gasteiger partial charge on any atom is 0.290 e. The monoisotopic (exact) mass is 343 g/mol. The number of nitrogens with zero attached hydrogens (tertiary/aromatic N) is 1. The topological polar surface area (TPSA) is 63.8 Å². The first-order valence-electron chi connectivity index (χ1n) is 6.53. The molecule has 4 nitrogen and oxygen atoms in total. The zero-order valence-corrected chi connectivity index (χ0v) is 12.8. The van der Waals surface area contributed by atoms with Gasteiger partial charge in [-0.25, -0.2) is 4.68 Å². The smallest absolute Gasteiger partial charge is 0.290 e. The van der Waals surface area contributed by atoms with Gasteiger partial charge in [-0.1, -0.05) is 58.4 Å². The van der Waals surface area contributed by atoms with Gasteiger partial charge in [-0.15, -0.1) is 0 Å². The van der Waals surface area contributed by atoms with Crippen LogP contribution in [0.2, 0.25) is 0 Å². The number of hydrogen-bond donors (Lipinski definition) is 2. The van der Waals surface area contributed by atoms with Gasteiger partial charge >= 0.3 is 0 Å². The van der Waals surface area contributed by atoms with Crippen LogP contribution in [0.15, 0.2) is 63.9 Å². The van der Waals surface area contributed by atoms with Crippen molar-refractivity contribution < 1.29 is 0 Å². The minimum absolute atomic E-state index is 0.197. The Labute approximate surface area is 130 Å². The number of benzene rings is 2. The van der Waals surface area contributed by atoms with E-state index in [2.05, 4.69) is 21.0 Å². The predicted octanol–water partition coefficient (Wildman–Crippen LogP) is 3.24. The second-order valence-corrected chi connectivity index (χ2v) is 5.70. The molecule has 0 saturated carbocycles. The highest BCUT2D eigenvalue weighted by Crippen LogP contribution is 2.21. The van der Waals surface area contributed by atoms with Crippen LogP contribution in [0.5, 0.6) is 0 Å². The fourth-order valence-electron chi connectivity index (χ4n) is 2.21. The average Bonchev–Trinajstić information content (AvgIpc) is 2.79. The highest BCUT2D eigenvalue weighted by molar-refractivity contribution is 9.10. The number of aromatic amines is 1. The lowest BCUT2D eigenvalue weighted by atomic mass is 10.1. The van der Waals surface area contributed by atoms with Crippen LogP contribution in [0.1, 0.15) is 5.56 Å². The molecule has 0 spiro atoms. The number of nitrogens with one attached hydrogen (secondary N) is 1. The molecule has 0 unspecified atom stereocenters. The van der Waals surface area contributed by atoms with E-state index in [9.17, 15) is 4.79 Å². The molecular weight excluding hydrogens is 330 g/mol. The lowest BCUT2D eigenvalue weighted by molar-refractivity contribution is 0.666. The maximum absolute atomic E-state index is 12.2. The molecule has 106 valence electrons. The third-order valence-corrected chi connectivity index (χ3v) is 3.84. The van der Waals surface area contributed by atoms with Crippen LogP contribution in [0.3, 0.4) is 0 Å². The molecule has 1 heterocycles. The van der Waals surface area contributed by atoms with E-state index >= 15 is 0 Å². The van der Waals surface area contributed by atoms with Gasteiger partial charge < -0.3 is 5.73 Å². The van der Waals surface area contributed by atoms with E-state index in [-0.39, 0.29) is 11.2 Å². The highest BCUT2D eigenvalue weighted by atomic mass is 79.9. The van der Waals surface area contributed by atoms with Crippen LogP contribution in [0.25, 0.3) is 11.3 Å². The second kappa shape index (κ2) is 5.61. The molecule has 0 aliphatic carbocycles. The van der Waals surface area contributed by atoms with Gasteiger partial charge in [0, 0.05) is 10.0 Å². The first kappa shape index (κ1) is 13.7. The summed E-state index contributed by atoms with van der Waals surface area (Å²) in [5, 5.41) is 3.10. The molecule has 0 radical (unpaired) electrons. The van der Waals surface area contributed by atoms with Gasteiger partial charge in [0.05, 0.1) is 12.2 Å². The molecule has 3 rings (SSSR count). The van der Waals surface area contributed by atoms with Crippen LogP contribution in [-0.4, -0.2) is 9.78 Å². The predicted molar refractivity (Wildman–Crippen MR) is 88.1 cm³/mol. The van der Waals surface area contributed by atoms with E-state index in [1.54, 1.807) is 0 Å². The van der Waals surface area contributed by atoms with E-state index in [0.29, 0.717) is 12.2 Å². The Morgan fingerprint density at radius 1 is 1.05 bits per heavy atom. The molecular formula is C16H14BrN3O. The quantitative estimate of drug-likeness (QED) is 0.766. The van der Waals surface area contributed by atoms with Crippen molar-refractivity contribution in [3.63, 3.8) is 0 Å². The summed E-state index contributed by atoms with van der Waals surface area (Å²) in [6.45, 7) is 0.461. The molecule has 0 bridgehead atoms. The molecule has 0 saturated heterocycles. The Bertz CT molecular complexity index is 804. The van der Waals surface area contributed by atoms with Gasteiger partial charge in [0.2, 0.25) is 0 Å². The van der Waals surface area contributed by atoms with Crippen LogP contribution in [0, 0.1) is 0 Å². The number of nitrogen functional groups attached to an aromatic ring is 1. The molecule has 5 heteroatoms. The van der Waals surface area contributed by atoms with Crippen LogP contribution < -0.4 is 11.3 Å². The number of H-pyrrole nitrogens is 1. The standard InChI is InChI=1S/C16H14BrN3O/c17-13-8-6-11(7-9-13)10-20-16(21)14(18)15(19-20)12-4-2-1-3-5-12/h1-9,19H,10,18H2. The Hall–Kier alpha value is -2.27. The van der Waals surface area contributed by atoms with Gasteiger partial charge in [0.15, 0.2) is 0 Å². The summed E-state index contributed by atoms with van der Waals surface area (Å²) in [6, 6.07) is 17.4. The van der Waals surface area contributed by atoms with Crippen LogP contribution in [-0.2, 0) is 6.54 Å². The van der Waals surface area contributed by atoms with E-state index in [1.807, 2.05) is 54.6 Å². The second-order valence-electron chi connectivity index (χ2n) is 4.78. The molecule has 0 aliphatic heterocycles. The number of aromatic nitrogens is 2. The van der Waals surface area contributed by atoms with Crippen molar-refractivity contribution in [2.75, 3.05) is 5.73 Å². The summed E-state index contributed by atoms with van der Waals surface area (Å²) < 4.78 is 2.54. The maximum atomic E-state index is 12.2. The summed E-state index contributed by atoms with van der Waals surface area (Å²) in [5.74, 6) is 0. The first-order chi connectivity index (χ1) is 10.1.